The van der Waals surface area contributed by atoms with Crippen molar-refractivity contribution in [2.75, 3.05) is 19.8 Å². The van der Waals surface area contributed by atoms with E-state index in [0.717, 1.165) is 25.9 Å². The normalized spacial score (nSPS) is 24.4. The molecule has 1 saturated carbocycles. The topological polar surface area (TPSA) is 35.5 Å². The van der Waals surface area contributed by atoms with Crippen LogP contribution in [0, 0.1) is 11.8 Å². The summed E-state index contributed by atoms with van der Waals surface area (Å²) in [5, 5.41) is 0. The first-order chi connectivity index (χ1) is 7.84. The predicted octanol–water partition coefficient (Wildman–Crippen LogP) is 2.31. The number of esters is 1. The lowest BCUT2D eigenvalue weighted by atomic mass is 9.95. The van der Waals surface area contributed by atoms with Crippen LogP contribution in [0.25, 0.3) is 0 Å². The van der Waals surface area contributed by atoms with Gasteiger partial charge in [0.05, 0.1) is 13.2 Å². The van der Waals surface area contributed by atoms with Gasteiger partial charge in [0, 0.05) is 0 Å². The fourth-order valence-corrected chi connectivity index (χ4v) is 1.85. The number of rotatable bonds is 6. The van der Waals surface area contributed by atoms with E-state index in [2.05, 4.69) is 12.2 Å². The molecule has 0 amide bonds. The molecular weight excluding hydrogens is 204 g/mol. The van der Waals surface area contributed by atoms with Gasteiger partial charge >= 0.3 is 5.97 Å². The summed E-state index contributed by atoms with van der Waals surface area (Å²) in [6.45, 7) is 1.40. The summed E-state index contributed by atoms with van der Waals surface area (Å²) in [5.74, 6) is 1.00. The van der Waals surface area contributed by atoms with Crippen LogP contribution in [-0.4, -0.2) is 25.8 Å². The van der Waals surface area contributed by atoms with Crippen LogP contribution in [0.5, 0.6) is 0 Å². The lowest BCUT2D eigenvalue weighted by Crippen LogP contribution is -2.19. The number of ether oxygens (including phenoxy) is 2. The zero-order chi connectivity index (χ0) is 11.2. The number of carbonyl (C=O) groups excluding carboxylic acids is 1. The SMILES string of the molecule is O=C(COCC1CC1)OCC1CC=CCC1. The van der Waals surface area contributed by atoms with Gasteiger partial charge in [-0.05, 0) is 43.9 Å². The van der Waals surface area contributed by atoms with E-state index in [9.17, 15) is 4.79 Å². The molecule has 1 atom stereocenters. The van der Waals surface area contributed by atoms with Crippen LogP contribution in [0.2, 0.25) is 0 Å². The quantitative estimate of drug-likeness (QED) is 0.513. The highest BCUT2D eigenvalue weighted by Crippen LogP contribution is 2.28. The molecule has 0 aromatic carbocycles. The highest BCUT2D eigenvalue weighted by Gasteiger charge is 2.21. The van der Waals surface area contributed by atoms with Crippen molar-refractivity contribution in [3.8, 4) is 0 Å². The monoisotopic (exact) mass is 224 g/mol. The minimum Gasteiger partial charge on any atom is -0.464 e. The average Bonchev–Trinajstić information content (AvgIpc) is 3.12. The third-order valence-electron chi connectivity index (χ3n) is 3.13. The van der Waals surface area contributed by atoms with Crippen LogP contribution in [0.4, 0.5) is 0 Å². The number of hydrogen-bond acceptors (Lipinski definition) is 3. The molecule has 16 heavy (non-hydrogen) atoms. The Morgan fingerprint density at radius 2 is 2.00 bits per heavy atom. The van der Waals surface area contributed by atoms with E-state index >= 15 is 0 Å². The largest absolute Gasteiger partial charge is 0.464 e. The van der Waals surface area contributed by atoms with Gasteiger partial charge in [0.15, 0.2) is 0 Å². The van der Waals surface area contributed by atoms with E-state index in [1.807, 2.05) is 0 Å². The first-order valence-electron chi connectivity index (χ1n) is 6.23. The third-order valence-corrected chi connectivity index (χ3v) is 3.13. The molecule has 2 rings (SSSR count). The highest BCUT2D eigenvalue weighted by atomic mass is 16.6. The van der Waals surface area contributed by atoms with Gasteiger partial charge in [0.2, 0.25) is 0 Å². The number of carbonyl (C=O) groups is 1. The van der Waals surface area contributed by atoms with Crippen molar-refractivity contribution < 1.29 is 14.3 Å². The number of allylic oxidation sites excluding steroid dienone is 2. The van der Waals surface area contributed by atoms with Crippen molar-refractivity contribution in [3.63, 3.8) is 0 Å². The van der Waals surface area contributed by atoms with Gasteiger partial charge in [0.25, 0.3) is 0 Å². The molecule has 0 aromatic rings. The van der Waals surface area contributed by atoms with Crippen LogP contribution >= 0.6 is 0 Å². The lowest BCUT2D eigenvalue weighted by Gasteiger charge is -2.17. The van der Waals surface area contributed by atoms with E-state index < -0.39 is 0 Å². The summed E-state index contributed by atoms with van der Waals surface area (Å²) >= 11 is 0. The average molecular weight is 224 g/mol. The first kappa shape index (κ1) is 11.6. The zero-order valence-corrected chi connectivity index (χ0v) is 9.69. The van der Waals surface area contributed by atoms with Gasteiger partial charge in [0.1, 0.15) is 6.61 Å². The summed E-state index contributed by atoms with van der Waals surface area (Å²) in [5.41, 5.74) is 0. The van der Waals surface area contributed by atoms with Crippen LogP contribution in [0.1, 0.15) is 32.1 Å². The molecule has 0 spiro atoms. The minimum atomic E-state index is -0.213. The Bertz CT molecular complexity index is 256. The molecule has 0 aliphatic heterocycles. The fraction of sp³-hybridized carbons (Fsp3) is 0.769. The molecule has 0 bridgehead atoms. The van der Waals surface area contributed by atoms with Crippen molar-refractivity contribution >= 4 is 5.97 Å². The molecule has 0 aromatic heterocycles. The molecule has 2 aliphatic carbocycles. The standard InChI is InChI=1S/C13H20O3/c14-13(10-15-8-12-6-7-12)16-9-11-4-2-1-3-5-11/h1-2,11-12H,3-10H2. The summed E-state index contributed by atoms with van der Waals surface area (Å²) in [6.07, 6.45) is 10.2. The van der Waals surface area contributed by atoms with E-state index in [4.69, 9.17) is 9.47 Å². The summed E-state index contributed by atoms with van der Waals surface area (Å²) in [7, 11) is 0. The fourth-order valence-electron chi connectivity index (χ4n) is 1.85. The van der Waals surface area contributed by atoms with Gasteiger partial charge < -0.3 is 9.47 Å². The summed E-state index contributed by atoms with van der Waals surface area (Å²) in [4.78, 5) is 11.3. The third kappa shape index (κ3) is 4.35. The second-order valence-electron chi connectivity index (χ2n) is 4.79. The molecule has 0 heterocycles. The summed E-state index contributed by atoms with van der Waals surface area (Å²) < 4.78 is 10.5. The first-order valence-corrected chi connectivity index (χ1v) is 6.23. The Hall–Kier alpha value is -0.830. The second kappa shape index (κ2) is 6.04. The summed E-state index contributed by atoms with van der Waals surface area (Å²) in [6, 6.07) is 0. The minimum absolute atomic E-state index is 0.124. The van der Waals surface area contributed by atoms with Gasteiger partial charge in [-0.15, -0.1) is 0 Å². The Labute approximate surface area is 96.8 Å². The Morgan fingerprint density at radius 1 is 1.12 bits per heavy atom. The van der Waals surface area contributed by atoms with Crippen molar-refractivity contribution in [2.24, 2.45) is 11.8 Å². The predicted molar refractivity (Wildman–Crippen MR) is 61.0 cm³/mol. The molecular formula is C13H20O3. The van der Waals surface area contributed by atoms with Crippen LogP contribution in [0.3, 0.4) is 0 Å². The molecule has 1 fully saturated rings. The van der Waals surface area contributed by atoms with Crippen molar-refractivity contribution in [2.45, 2.75) is 32.1 Å². The van der Waals surface area contributed by atoms with Gasteiger partial charge in [-0.1, -0.05) is 12.2 Å². The van der Waals surface area contributed by atoms with Crippen molar-refractivity contribution in [1.29, 1.82) is 0 Å². The van der Waals surface area contributed by atoms with Crippen LogP contribution in [0.15, 0.2) is 12.2 Å². The molecule has 90 valence electrons. The molecule has 0 saturated heterocycles. The van der Waals surface area contributed by atoms with Crippen LogP contribution < -0.4 is 0 Å². The lowest BCUT2D eigenvalue weighted by molar-refractivity contribution is -0.150. The molecule has 3 nitrogen and oxygen atoms in total. The zero-order valence-electron chi connectivity index (χ0n) is 9.69. The van der Waals surface area contributed by atoms with Crippen LogP contribution in [-0.2, 0) is 14.3 Å². The Morgan fingerprint density at radius 3 is 2.69 bits per heavy atom. The molecule has 2 aliphatic rings. The van der Waals surface area contributed by atoms with E-state index in [-0.39, 0.29) is 12.6 Å². The molecule has 1 unspecified atom stereocenters. The maximum Gasteiger partial charge on any atom is 0.332 e. The van der Waals surface area contributed by atoms with Crippen molar-refractivity contribution in [1.82, 2.24) is 0 Å². The van der Waals surface area contributed by atoms with E-state index in [0.29, 0.717) is 18.4 Å². The maximum absolute atomic E-state index is 11.3. The second-order valence-corrected chi connectivity index (χ2v) is 4.79. The van der Waals surface area contributed by atoms with E-state index in [1.165, 1.54) is 12.8 Å². The maximum atomic E-state index is 11.3. The van der Waals surface area contributed by atoms with Gasteiger partial charge in [-0.2, -0.15) is 0 Å². The van der Waals surface area contributed by atoms with Gasteiger partial charge in [-0.3, -0.25) is 0 Å². The number of hydrogen-bond donors (Lipinski definition) is 0. The highest BCUT2D eigenvalue weighted by molar-refractivity contribution is 5.70. The Balaban J connectivity index is 1.50. The smallest absolute Gasteiger partial charge is 0.332 e. The van der Waals surface area contributed by atoms with Crippen molar-refractivity contribution in [3.05, 3.63) is 12.2 Å². The molecule has 3 heteroatoms. The van der Waals surface area contributed by atoms with E-state index in [1.54, 1.807) is 0 Å². The van der Waals surface area contributed by atoms with Gasteiger partial charge in [-0.25, -0.2) is 4.79 Å². The molecule has 0 N–H and O–H groups in total. The molecule has 0 radical (unpaired) electrons. The Kier molecular flexibility index (Phi) is 4.40.